The van der Waals surface area contributed by atoms with Gasteiger partial charge in [0.15, 0.2) is 5.76 Å². The van der Waals surface area contributed by atoms with Gasteiger partial charge in [0.1, 0.15) is 0 Å². The van der Waals surface area contributed by atoms with Gasteiger partial charge in [-0.1, -0.05) is 5.16 Å². The van der Waals surface area contributed by atoms with Crippen LogP contribution in [0.3, 0.4) is 0 Å². The molecule has 1 saturated heterocycles. The standard InChI is InChI=1S/C19H21N5O2/c25-19-2-1-18(16-3-8-20-9-4-16)22-24(19)13-15-6-11-23(12-7-15)14-17-5-10-21-26-17/h1-5,8-10,15H,6-7,11-14H2. The van der Waals surface area contributed by atoms with Crippen molar-refractivity contribution in [2.75, 3.05) is 13.1 Å². The van der Waals surface area contributed by atoms with Gasteiger partial charge in [0.25, 0.3) is 5.56 Å². The molecule has 26 heavy (non-hydrogen) atoms. The van der Waals surface area contributed by atoms with E-state index in [0.717, 1.165) is 49.5 Å². The first-order valence-corrected chi connectivity index (χ1v) is 8.88. The van der Waals surface area contributed by atoms with Gasteiger partial charge < -0.3 is 4.52 Å². The van der Waals surface area contributed by atoms with Crippen LogP contribution in [0, 0.1) is 5.92 Å². The average Bonchev–Trinajstić information content (AvgIpc) is 3.19. The number of rotatable bonds is 5. The summed E-state index contributed by atoms with van der Waals surface area (Å²) in [6.07, 6.45) is 7.23. The van der Waals surface area contributed by atoms with Crippen molar-refractivity contribution in [3.05, 3.63) is 65.0 Å². The van der Waals surface area contributed by atoms with Crippen molar-refractivity contribution in [2.24, 2.45) is 5.92 Å². The summed E-state index contributed by atoms with van der Waals surface area (Å²) in [5.41, 5.74) is 1.72. The Kier molecular flexibility index (Phi) is 4.88. The third kappa shape index (κ3) is 3.88. The molecule has 0 aliphatic carbocycles. The number of nitrogens with zero attached hydrogens (tertiary/aromatic N) is 5. The Labute approximate surface area is 151 Å². The van der Waals surface area contributed by atoms with Crippen molar-refractivity contribution in [2.45, 2.75) is 25.9 Å². The van der Waals surface area contributed by atoms with Gasteiger partial charge in [-0.05, 0) is 50.0 Å². The van der Waals surface area contributed by atoms with Gasteiger partial charge in [0, 0.05) is 36.6 Å². The SMILES string of the molecule is O=c1ccc(-c2ccncc2)nn1CC1CCN(Cc2ccno2)CC1. The van der Waals surface area contributed by atoms with E-state index in [1.165, 1.54) is 0 Å². The quantitative estimate of drug-likeness (QED) is 0.701. The maximum Gasteiger partial charge on any atom is 0.266 e. The second-order valence-electron chi connectivity index (χ2n) is 6.67. The molecule has 0 aromatic carbocycles. The van der Waals surface area contributed by atoms with Crippen LogP contribution >= 0.6 is 0 Å². The maximum absolute atomic E-state index is 12.2. The van der Waals surface area contributed by atoms with E-state index in [4.69, 9.17) is 4.52 Å². The average molecular weight is 351 g/mol. The van der Waals surface area contributed by atoms with Crippen LogP contribution in [0.1, 0.15) is 18.6 Å². The molecule has 0 N–H and O–H groups in total. The molecule has 4 rings (SSSR count). The fourth-order valence-corrected chi connectivity index (χ4v) is 3.37. The van der Waals surface area contributed by atoms with Crippen molar-refractivity contribution >= 4 is 0 Å². The normalized spacial score (nSPS) is 16.0. The first kappa shape index (κ1) is 16.7. The van der Waals surface area contributed by atoms with Crippen molar-refractivity contribution < 1.29 is 4.52 Å². The van der Waals surface area contributed by atoms with E-state index in [9.17, 15) is 4.79 Å². The predicted octanol–water partition coefficient (Wildman–Crippen LogP) is 2.21. The van der Waals surface area contributed by atoms with Crippen LogP contribution < -0.4 is 5.56 Å². The van der Waals surface area contributed by atoms with E-state index in [0.29, 0.717) is 12.5 Å². The Morgan fingerprint density at radius 2 is 1.85 bits per heavy atom. The molecule has 1 fully saturated rings. The highest BCUT2D eigenvalue weighted by Crippen LogP contribution is 2.20. The third-order valence-electron chi connectivity index (χ3n) is 4.85. The smallest absolute Gasteiger partial charge is 0.266 e. The molecule has 3 aromatic rings. The van der Waals surface area contributed by atoms with Crippen molar-refractivity contribution in [3.63, 3.8) is 0 Å². The van der Waals surface area contributed by atoms with Crippen LogP contribution in [0.25, 0.3) is 11.3 Å². The number of hydrogen-bond donors (Lipinski definition) is 0. The summed E-state index contributed by atoms with van der Waals surface area (Å²) >= 11 is 0. The van der Waals surface area contributed by atoms with Crippen LogP contribution in [0.2, 0.25) is 0 Å². The first-order chi connectivity index (χ1) is 12.8. The van der Waals surface area contributed by atoms with Gasteiger partial charge >= 0.3 is 0 Å². The maximum atomic E-state index is 12.2. The van der Waals surface area contributed by atoms with Crippen molar-refractivity contribution in [3.8, 4) is 11.3 Å². The van der Waals surface area contributed by atoms with Gasteiger partial charge in [-0.25, -0.2) is 4.68 Å². The zero-order chi connectivity index (χ0) is 17.8. The molecule has 0 amide bonds. The minimum atomic E-state index is -0.0492. The van der Waals surface area contributed by atoms with E-state index in [1.807, 2.05) is 18.2 Å². The van der Waals surface area contributed by atoms with Gasteiger partial charge in [-0.3, -0.25) is 14.7 Å². The topological polar surface area (TPSA) is 77.1 Å². The van der Waals surface area contributed by atoms with Crippen LogP contribution in [0.4, 0.5) is 0 Å². The summed E-state index contributed by atoms with van der Waals surface area (Å²) in [6.45, 7) is 3.44. The van der Waals surface area contributed by atoms with Crippen LogP contribution in [-0.2, 0) is 13.1 Å². The van der Waals surface area contributed by atoms with Crippen LogP contribution in [-0.4, -0.2) is 37.9 Å². The van der Waals surface area contributed by atoms with Gasteiger partial charge in [0.05, 0.1) is 18.4 Å². The minimum Gasteiger partial charge on any atom is -0.360 e. The second kappa shape index (κ2) is 7.61. The predicted molar refractivity (Wildman–Crippen MR) is 96.2 cm³/mol. The van der Waals surface area contributed by atoms with Crippen LogP contribution in [0.5, 0.6) is 0 Å². The number of likely N-dealkylation sites (tertiary alicyclic amines) is 1. The minimum absolute atomic E-state index is 0.0492. The number of hydrogen-bond acceptors (Lipinski definition) is 6. The number of piperidine rings is 1. The molecular weight excluding hydrogens is 330 g/mol. The molecule has 0 bridgehead atoms. The molecular formula is C19H21N5O2. The summed E-state index contributed by atoms with van der Waals surface area (Å²) in [5, 5.41) is 8.31. The molecule has 0 spiro atoms. The Bertz CT molecular complexity index is 884. The van der Waals surface area contributed by atoms with Gasteiger partial charge in [-0.2, -0.15) is 5.10 Å². The monoisotopic (exact) mass is 351 g/mol. The summed E-state index contributed by atoms with van der Waals surface area (Å²) < 4.78 is 6.78. The molecule has 0 saturated carbocycles. The second-order valence-corrected chi connectivity index (χ2v) is 6.67. The summed E-state index contributed by atoms with van der Waals surface area (Å²) in [7, 11) is 0. The molecule has 0 radical (unpaired) electrons. The molecule has 1 aliphatic heterocycles. The fourth-order valence-electron chi connectivity index (χ4n) is 3.37. The molecule has 7 nitrogen and oxygen atoms in total. The molecule has 0 atom stereocenters. The lowest BCUT2D eigenvalue weighted by atomic mass is 9.97. The molecule has 7 heteroatoms. The highest BCUT2D eigenvalue weighted by molar-refractivity contribution is 5.56. The fraction of sp³-hybridized carbons (Fsp3) is 0.368. The van der Waals surface area contributed by atoms with E-state index in [-0.39, 0.29) is 5.56 Å². The Morgan fingerprint density at radius 3 is 2.58 bits per heavy atom. The molecule has 3 aromatic heterocycles. The molecule has 0 unspecified atom stereocenters. The third-order valence-corrected chi connectivity index (χ3v) is 4.85. The Morgan fingerprint density at radius 1 is 1.04 bits per heavy atom. The lowest BCUT2D eigenvalue weighted by molar-refractivity contribution is 0.150. The summed E-state index contributed by atoms with van der Waals surface area (Å²) in [6, 6.07) is 9.08. The number of pyridine rings is 1. The van der Waals surface area contributed by atoms with Gasteiger partial charge in [-0.15, -0.1) is 0 Å². The zero-order valence-corrected chi connectivity index (χ0v) is 14.5. The highest BCUT2D eigenvalue weighted by atomic mass is 16.5. The van der Waals surface area contributed by atoms with E-state index in [2.05, 4.69) is 20.1 Å². The van der Waals surface area contributed by atoms with Crippen molar-refractivity contribution in [1.82, 2.24) is 24.8 Å². The largest absolute Gasteiger partial charge is 0.360 e. The lowest BCUT2D eigenvalue weighted by Gasteiger charge is -2.31. The van der Waals surface area contributed by atoms with Crippen molar-refractivity contribution in [1.29, 1.82) is 0 Å². The Balaban J connectivity index is 1.39. The first-order valence-electron chi connectivity index (χ1n) is 8.88. The highest BCUT2D eigenvalue weighted by Gasteiger charge is 2.21. The Hall–Kier alpha value is -2.80. The molecule has 4 heterocycles. The van der Waals surface area contributed by atoms with E-state index < -0.39 is 0 Å². The zero-order valence-electron chi connectivity index (χ0n) is 14.5. The molecule has 134 valence electrons. The van der Waals surface area contributed by atoms with E-state index >= 15 is 0 Å². The molecule has 1 aliphatic rings. The summed E-state index contributed by atoms with van der Waals surface area (Å²) in [5.74, 6) is 1.35. The summed E-state index contributed by atoms with van der Waals surface area (Å²) in [4.78, 5) is 18.6. The lowest BCUT2D eigenvalue weighted by Crippen LogP contribution is -2.36. The van der Waals surface area contributed by atoms with Crippen LogP contribution in [0.15, 0.2) is 58.2 Å². The van der Waals surface area contributed by atoms with E-state index in [1.54, 1.807) is 35.4 Å². The van der Waals surface area contributed by atoms with Gasteiger partial charge in [0.2, 0.25) is 0 Å². The number of aromatic nitrogens is 4.